The van der Waals surface area contributed by atoms with Crippen LogP contribution in [0.15, 0.2) is 24.3 Å². The van der Waals surface area contributed by atoms with Crippen LogP contribution in [0.5, 0.6) is 0 Å². The Morgan fingerprint density at radius 3 is 2.29 bits per heavy atom. The van der Waals surface area contributed by atoms with E-state index in [9.17, 15) is 5.11 Å². The van der Waals surface area contributed by atoms with Crippen molar-refractivity contribution in [3.63, 3.8) is 0 Å². The molecule has 5 aliphatic rings. The van der Waals surface area contributed by atoms with Gasteiger partial charge in [0.1, 0.15) is 0 Å². The lowest BCUT2D eigenvalue weighted by molar-refractivity contribution is -0.0930. The third-order valence-corrected chi connectivity index (χ3v) is 7.23. The minimum absolute atomic E-state index is 0.0432. The first kappa shape index (κ1) is 12.7. The molecule has 4 saturated carbocycles. The molecule has 1 nitrogen and oxygen atoms in total. The highest BCUT2D eigenvalue weighted by Crippen LogP contribution is 2.58. The SMILES string of the molecule is OC(CC1Cc2ccccc21)C1C2CC3CC(C2)CC1C3. The number of aliphatic hydroxyl groups is 1. The predicted octanol–water partition coefficient (Wildman–Crippen LogP) is 4.15. The summed E-state index contributed by atoms with van der Waals surface area (Å²) in [7, 11) is 0. The van der Waals surface area contributed by atoms with Crippen LogP contribution in [-0.2, 0) is 6.42 Å². The summed E-state index contributed by atoms with van der Waals surface area (Å²) >= 11 is 0. The van der Waals surface area contributed by atoms with Gasteiger partial charge in [0.05, 0.1) is 6.10 Å². The number of aliphatic hydroxyl groups excluding tert-OH is 1. The largest absolute Gasteiger partial charge is 0.393 e. The van der Waals surface area contributed by atoms with Gasteiger partial charge in [-0.3, -0.25) is 0 Å². The summed E-state index contributed by atoms with van der Waals surface area (Å²) in [5.74, 6) is 5.00. The van der Waals surface area contributed by atoms with Gasteiger partial charge in [-0.25, -0.2) is 0 Å². The van der Waals surface area contributed by atoms with E-state index in [1.165, 1.54) is 49.7 Å². The molecule has 1 aromatic carbocycles. The van der Waals surface area contributed by atoms with Gasteiger partial charge in [-0.1, -0.05) is 24.3 Å². The summed E-state index contributed by atoms with van der Waals surface area (Å²) in [6, 6.07) is 8.82. The summed E-state index contributed by atoms with van der Waals surface area (Å²) in [5.41, 5.74) is 3.03. The topological polar surface area (TPSA) is 20.2 Å². The number of rotatable bonds is 3. The van der Waals surface area contributed by atoms with E-state index in [1.807, 2.05) is 0 Å². The fourth-order valence-electron chi connectivity index (χ4n) is 6.62. The van der Waals surface area contributed by atoms with Gasteiger partial charge in [-0.2, -0.15) is 0 Å². The van der Waals surface area contributed by atoms with E-state index in [-0.39, 0.29) is 6.10 Å². The maximum Gasteiger partial charge on any atom is 0.0579 e. The van der Waals surface area contributed by atoms with Gasteiger partial charge in [-0.05, 0) is 91.6 Å². The molecule has 5 aliphatic carbocycles. The predicted molar refractivity (Wildman–Crippen MR) is 84.0 cm³/mol. The second-order valence-corrected chi connectivity index (χ2v) is 8.41. The van der Waals surface area contributed by atoms with Crippen molar-refractivity contribution < 1.29 is 5.11 Å². The van der Waals surface area contributed by atoms with E-state index in [4.69, 9.17) is 0 Å². The number of hydrogen-bond donors (Lipinski definition) is 1. The molecular formula is C20H26O. The van der Waals surface area contributed by atoms with Crippen LogP contribution in [0.4, 0.5) is 0 Å². The van der Waals surface area contributed by atoms with Gasteiger partial charge in [0, 0.05) is 0 Å². The van der Waals surface area contributed by atoms with E-state index in [0.717, 1.165) is 30.1 Å². The van der Waals surface area contributed by atoms with Crippen molar-refractivity contribution in [2.45, 2.75) is 57.0 Å². The average molecular weight is 282 g/mol. The fourth-order valence-corrected chi connectivity index (χ4v) is 6.62. The van der Waals surface area contributed by atoms with Gasteiger partial charge < -0.3 is 5.11 Å². The lowest BCUT2D eigenvalue weighted by Crippen LogP contribution is -2.49. The van der Waals surface area contributed by atoms with Crippen LogP contribution in [0.2, 0.25) is 0 Å². The minimum atomic E-state index is -0.0432. The third-order valence-electron chi connectivity index (χ3n) is 7.23. The Balaban J connectivity index is 1.31. The molecule has 0 heterocycles. The Hall–Kier alpha value is -0.820. The Morgan fingerprint density at radius 1 is 0.952 bits per heavy atom. The quantitative estimate of drug-likeness (QED) is 0.883. The Morgan fingerprint density at radius 2 is 1.62 bits per heavy atom. The maximum absolute atomic E-state index is 10.9. The van der Waals surface area contributed by atoms with Crippen LogP contribution < -0.4 is 0 Å². The molecule has 1 heteroatoms. The Bertz CT molecular complexity index is 521. The van der Waals surface area contributed by atoms with Gasteiger partial charge >= 0.3 is 0 Å². The summed E-state index contributed by atoms with van der Waals surface area (Å²) in [5, 5.41) is 10.9. The van der Waals surface area contributed by atoms with Crippen LogP contribution >= 0.6 is 0 Å². The highest BCUT2D eigenvalue weighted by molar-refractivity contribution is 5.39. The molecule has 21 heavy (non-hydrogen) atoms. The monoisotopic (exact) mass is 282 g/mol. The van der Waals surface area contributed by atoms with Crippen LogP contribution in [0.1, 0.15) is 55.6 Å². The molecule has 0 aromatic heterocycles. The minimum Gasteiger partial charge on any atom is -0.393 e. The summed E-state index contributed by atoms with van der Waals surface area (Å²) < 4.78 is 0. The molecular weight excluding hydrogens is 256 g/mol. The van der Waals surface area contributed by atoms with Crippen LogP contribution in [0.3, 0.4) is 0 Å². The lowest BCUT2D eigenvalue weighted by atomic mass is 9.50. The summed E-state index contributed by atoms with van der Waals surface area (Å²) in [4.78, 5) is 0. The first-order chi connectivity index (χ1) is 10.3. The number of fused-ring (bicyclic) bond motifs is 1. The molecule has 0 saturated heterocycles. The summed E-state index contributed by atoms with van der Waals surface area (Å²) in [6.45, 7) is 0. The molecule has 2 atom stereocenters. The molecule has 6 rings (SSSR count). The molecule has 0 aliphatic heterocycles. The van der Waals surface area contributed by atoms with Crippen molar-refractivity contribution in [3.8, 4) is 0 Å². The molecule has 112 valence electrons. The van der Waals surface area contributed by atoms with E-state index < -0.39 is 0 Å². The third kappa shape index (κ3) is 1.93. The van der Waals surface area contributed by atoms with Crippen LogP contribution in [0, 0.1) is 29.6 Å². The van der Waals surface area contributed by atoms with Gasteiger partial charge in [-0.15, -0.1) is 0 Å². The van der Waals surface area contributed by atoms with Crippen LogP contribution in [0.25, 0.3) is 0 Å². The second kappa shape index (κ2) is 4.59. The smallest absolute Gasteiger partial charge is 0.0579 e. The van der Waals surface area contributed by atoms with Gasteiger partial charge in [0.25, 0.3) is 0 Å². The molecule has 1 N–H and O–H groups in total. The van der Waals surface area contributed by atoms with Crippen LogP contribution in [-0.4, -0.2) is 11.2 Å². The van der Waals surface area contributed by atoms with E-state index in [2.05, 4.69) is 24.3 Å². The molecule has 1 aromatic rings. The zero-order valence-electron chi connectivity index (χ0n) is 12.7. The van der Waals surface area contributed by atoms with E-state index in [0.29, 0.717) is 11.8 Å². The lowest BCUT2D eigenvalue weighted by Gasteiger charge is -2.56. The molecule has 0 spiro atoms. The molecule has 4 fully saturated rings. The highest BCUT2D eigenvalue weighted by Gasteiger charge is 2.50. The zero-order chi connectivity index (χ0) is 14.0. The van der Waals surface area contributed by atoms with E-state index >= 15 is 0 Å². The molecule has 0 amide bonds. The van der Waals surface area contributed by atoms with Crippen molar-refractivity contribution >= 4 is 0 Å². The number of benzene rings is 1. The average Bonchev–Trinajstić information content (AvgIpc) is 2.43. The fraction of sp³-hybridized carbons (Fsp3) is 0.700. The van der Waals surface area contributed by atoms with Gasteiger partial charge in [0.2, 0.25) is 0 Å². The summed E-state index contributed by atoms with van der Waals surface area (Å²) in [6.07, 6.45) is 9.38. The Labute approximate surface area is 127 Å². The molecule has 2 unspecified atom stereocenters. The zero-order valence-corrected chi connectivity index (χ0v) is 12.7. The maximum atomic E-state index is 10.9. The van der Waals surface area contributed by atoms with Gasteiger partial charge in [0.15, 0.2) is 0 Å². The molecule has 4 bridgehead atoms. The normalized spacial score (nSPS) is 44.2. The Kier molecular flexibility index (Phi) is 2.77. The first-order valence-electron chi connectivity index (χ1n) is 9.04. The van der Waals surface area contributed by atoms with E-state index in [1.54, 1.807) is 0 Å². The van der Waals surface area contributed by atoms with Crippen molar-refractivity contribution in [3.05, 3.63) is 35.4 Å². The van der Waals surface area contributed by atoms with Crippen molar-refractivity contribution in [1.29, 1.82) is 0 Å². The second-order valence-electron chi connectivity index (χ2n) is 8.41. The van der Waals surface area contributed by atoms with Crippen molar-refractivity contribution in [2.75, 3.05) is 0 Å². The molecule has 0 radical (unpaired) electrons. The first-order valence-corrected chi connectivity index (χ1v) is 9.04. The number of hydrogen-bond acceptors (Lipinski definition) is 1. The van der Waals surface area contributed by atoms with Crippen molar-refractivity contribution in [1.82, 2.24) is 0 Å². The van der Waals surface area contributed by atoms with Crippen molar-refractivity contribution in [2.24, 2.45) is 29.6 Å². The highest BCUT2D eigenvalue weighted by atomic mass is 16.3. The standard InChI is InChI=1S/C20H26O/c21-19(11-15-10-14-3-1-2-4-18(14)15)20-16-6-12-5-13(8-16)9-17(20)7-12/h1-4,12-13,15-17,19-21H,5-11H2.